The maximum absolute atomic E-state index is 13.7. The quantitative estimate of drug-likeness (QED) is 0.381. The highest BCUT2D eigenvalue weighted by Gasteiger charge is 2.64. The molecule has 10 heteroatoms. The van der Waals surface area contributed by atoms with Crippen LogP contribution < -0.4 is 5.73 Å². The van der Waals surface area contributed by atoms with Gasteiger partial charge in [0.05, 0.1) is 11.6 Å². The fourth-order valence-electron chi connectivity index (χ4n) is 5.79. The minimum Gasteiger partial charge on any atom is -0.508 e. The summed E-state index contributed by atoms with van der Waals surface area (Å²) in [5.41, 5.74) is 3.28. The number of fused-ring (bicyclic) bond motifs is 3. The van der Waals surface area contributed by atoms with E-state index in [1.165, 1.54) is 11.0 Å². The summed E-state index contributed by atoms with van der Waals surface area (Å²) in [6, 6.07) is 2.27. The number of aliphatic hydroxyl groups excluding tert-OH is 2. The standard InChI is InChI=1S/C24H29N3O7/c1-26(2)9-10-5-11-7-12-8-13-18(27(3)4)20(30)17(23(25)33)22(32)24(13,34)21(31)16(12)19(29)15(11)14(28)6-10/h5-6,12-13,18,28-29,32,34H,7-9H2,1-4H3,(H2,25,33)/t12-,13-,18-,24-/m0/s1. The summed E-state index contributed by atoms with van der Waals surface area (Å²) < 4.78 is 0. The molecule has 6 N–H and O–H groups in total. The third-order valence-electron chi connectivity index (χ3n) is 7.09. The van der Waals surface area contributed by atoms with E-state index >= 15 is 0 Å². The Morgan fingerprint density at radius 3 is 2.35 bits per heavy atom. The number of phenols is 1. The van der Waals surface area contributed by atoms with Gasteiger partial charge < -0.3 is 31.1 Å². The first-order valence-corrected chi connectivity index (χ1v) is 10.9. The molecule has 10 nitrogen and oxygen atoms in total. The van der Waals surface area contributed by atoms with E-state index in [9.17, 15) is 34.8 Å². The zero-order chi connectivity index (χ0) is 25.3. The van der Waals surface area contributed by atoms with E-state index in [0.717, 1.165) is 5.56 Å². The molecule has 1 amide bonds. The lowest BCUT2D eigenvalue weighted by atomic mass is 9.57. The average Bonchev–Trinajstić information content (AvgIpc) is 2.69. The molecule has 3 aliphatic rings. The van der Waals surface area contributed by atoms with E-state index in [0.29, 0.717) is 12.1 Å². The van der Waals surface area contributed by atoms with E-state index in [-0.39, 0.29) is 29.7 Å². The first-order valence-electron chi connectivity index (χ1n) is 10.9. The lowest BCUT2D eigenvalue weighted by Gasteiger charge is -2.50. The second kappa shape index (κ2) is 7.93. The van der Waals surface area contributed by atoms with Crippen LogP contribution in [0, 0.1) is 11.8 Å². The molecule has 0 radical (unpaired) electrons. The van der Waals surface area contributed by atoms with Crippen LogP contribution in [0.1, 0.15) is 23.1 Å². The van der Waals surface area contributed by atoms with Gasteiger partial charge in [0.15, 0.2) is 11.4 Å². The Bertz CT molecular complexity index is 1180. The van der Waals surface area contributed by atoms with Crippen molar-refractivity contribution >= 4 is 23.2 Å². The van der Waals surface area contributed by atoms with Gasteiger partial charge in [-0.2, -0.15) is 0 Å². The van der Waals surface area contributed by atoms with Crippen molar-refractivity contribution in [3.05, 3.63) is 45.7 Å². The Balaban J connectivity index is 1.92. The molecule has 4 atom stereocenters. The van der Waals surface area contributed by atoms with Crippen LogP contribution in [0.4, 0.5) is 0 Å². The number of rotatable bonds is 4. The molecule has 1 saturated carbocycles. The molecule has 3 aliphatic carbocycles. The van der Waals surface area contributed by atoms with Crippen LogP contribution in [-0.4, -0.2) is 87.5 Å². The van der Waals surface area contributed by atoms with Crippen molar-refractivity contribution in [3.8, 4) is 5.75 Å². The van der Waals surface area contributed by atoms with Crippen LogP contribution in [0.2, 0.25) is 0 Å². The Morgan fingerprint density at radius 1 is 1.15 bits per heavy atom. The molecule has 4 rings (SSSR count). The lowest BCUT2D eigenvalue weighted by Crippen LogP contribution is -2.65. The molecule has 0 saturated heterocycles. The fraction of sp³-hybridized carbons (Fsp3) is 0.458. The largest absolute Gasteiger partial charge is 0.508 e. The Hall–Kier alpha value is -3.21. The van der Waals surface area contributed by atoms with Gasteiger partial charge in [-0.3, -0.25) is 19.3 Å². The number of aliphatic hydroxyl groups is 3. The normalized spacial score (nSPS) is 28.9. The highest BCUT2D eigenvalue weighted by atomic mass is 16.3. The van der Waals surface area contributed by atoms with Crippen molar-refractivity contribution in [1.82, 2.24) is 9.80 Å². The molecular formula is C24H29N3O7. The number of likely N-dealkylation sites (N-methyl/N-ethyl adjacent to an activating group) is 1. The summed E-state index contributed by atoms with van der Waals surface area (Å²) in [6.45, 7) is 0.552. The number of hydrogen-bond acceptors (Lipinski definition) is 9. The zero-order valence-corrected chi connectivity index (χ0v) is 19.5. The molecule has 0 bridgehead atoms. The number of carbonyl (C=O) groups is 3. The average molecular weight is 472 g/mol. The van der Waals surface area contributed by atoms with Crippen molar-refractivity contribution in [1.29, 1.82) is 0 Å². The second-order valence-corrected chi connectivity index (χ2v) is 9.85. The molecular weight excluding hydrogens is 442 g/mol. The summed E-state index contributed by atoms with van der Waals surface area (Å²) in [5.74, 6) is -6.46. The number of phenolic OH excluding ortho intramolecular Hbond substituents is 1. The monoisotopic (exact) mass is 471 g/mol. The van der Waals surface area contributed by atoms with Crippen molar-refractivity contribution in [3.63, 3.8) is 0 Å². The Kier molecular flexibility index (Phi) is 5.58. The van der Waals surface area contributed by atoms with E-state index in [4.69, 9.17) is 5.73 Å². The maximum atomic E-state index is 13.7. The summed E-state index contributed by atoms with van der Waals surface area (Å²) >= 11 is 0. The molecule has 0 aromatic heterocycles. The number of benzene rings is 1. The van der Waals surface area contributed by atoms with Crippen molar-refractivity contribution in [2.45, 2.75) is 31.0 Å². The number of carbonyl (C=O) groups excluding carboxylic acids is 3. The van der Waals surface area contributed by atoms with Crippen LogP contribution in [0.25, 0.3) is 5.76 Å². The third-order valence-corrected chi connectivity index (χ3v) is 7.09. The number of hydrogen-bond donors (Lipinski definition) is 5. The number of nitrogens with zero attached hydrogens (tertiary/aromatic N) is 2. The maximum Gasteiger partial charge on any atom is 0.255 e. The molecule has 0 spiro atoms. The first-order chi connectivity index (χ1) is 15.8. The van der Waals surface area contributed by atoms with E-state index < -0.39 is 58.0 Å². The molecule has 0 unspecified atom stereocenters. The highest BCUT2D eigenvalue weighted by molar-refractivity contribution is 6.24. The minimum absolute atomic E-state index is 0.0738. The molecule has 1 aromatic carbocycles. The van der Waals surface area contributed by atoms with Crippen molar-refractivity contribution < 1.29 is 34.8 Å². The van der Waals surface area contributed by atoms with E-state index in [1.54, 1.807) is 14.1 Å². The number of primary amides is 1. The third kappa shape index (κ3) is 3.24. The highest BCUT2D eigenvalue weighted by Crippen LogP contribution is 2.52. The zero-order valence-electron chi connectivity index (χ0n) is 19.5. The molecule has 182 valence electrons. The van der Waals surface area contributed by atoms with Gasteiger partial charge in [0.25, 0.3) is 5.91 Å². The number of aromatic hydroxyl groups is 1. The number of amides is 1. The van der Waals surface area contributed by atoms with Crippen LogP contribution in [0.15, 0.2) is 29.0 Å². The van der Waals surface area contributed by atoms with Gasteiger partial charge in [0.2, 0.25) is 5.78 Å². The van der Waals surface area contributed by atoms with Gasteiger partial charge in [-0.1, -0.05) is 6.07 Å². The summed E-state index contributed by atoms with van der Waals surface area (Å²) in [5, 5.41) is 44.1. The van der Waals surface area contributed by atoms with Crippen molar-refractivity contribution in [2.75, 3.05) is 28.2 Å². The summed E-state index contributed by atoms with van der Waals surface area (Å²) in [7, 11) is 6.90. The minimum atomic E-state index is -2.62. The predicted molar refractivity (Wildman–Crippen MR) is 122 cm³/mol. The van der Waals surface area contributed by atoms with Crippen LogP contribution >= 0.6 is 0 Å². The smallest absolute Gasteiger partial charge is 0.255 e. The lowest BCUT2D eigenvalue weighted by molar-refractivity contribution is -0.153. The first kappa shape index (κ1) is 23.9. The number of Topliss-reactive ketones (excluding diaryl/α,β-unsaturated/α-hetero) is 2. The topological polar surface area (TPSA) is 165 Å². The SMILES string of the molecule is CN(C)Cc1cc(O)c2c(c1)C[C@H]1C[C@H]3[C@H](N(C)C)C(=O)C(C(N)=O)=C(O)[C@@]3(O)C(=O)C1=C2O. The Morgan fingerprint density at radius 2 is 1.79 bits per heavy atom. The van der Waals surface area contributed by atoms with Crippen LogP contribution in [0.5, 0.6) is 5.75 Å². The number of ketones is 2. The van der Waals surface area contributed by atoms with Gasteiger partial charge in [-0.25, -0.2) is 0 Å². The number of nitrogens with two attached hydrogens (primary N) is 1. The summed E-state index contributed by atoms with van der Waals surface area (Å²) in [4.78, 5) is 42.1. The Labute approximate surface area is 196 Å². The van der Waals surface area contributed by atoms with Crippen molar-refractivity contribution in [2.24, 2.45) is 17.6 Å². The molecule has 34 heavy (non-hydrogen) atoms. The molecule has 0 heterocycles. The molecule has 1 aromatic rings. The van der Waals surface area contributed by atoms with Gasteiger partial charge in [0.1, 0.15) is 22.8 Å². The summed E-state index contributed by atoms with van der Waals surface area (Å²) in [6.07, 6.45) is 0.355. The van der Waals surface area contributed by atoms with Gasteiger partial charge in [-0.15, -0.1) is 0 Å². The van der Waals surface area contributed by atoms with Gasteiger partial charge in [-0.05, 0) is 64.1 Å². The second-order valence-electron chi connectivity index (χ2n) is 9.85. The molecule has 0 aliphatic heterocycles. The fourth-order valence-corrected chi connectivity index (χ4v) is 5.79. The molecule has 1 fully saturated rings. The predicted octanol–water partition coefficient (Wildman–Crippen LogP) is 0.0256. The van der Waals surface area contributed by atoms with Crippen LogP contribution in [0.3, 0.4) is 0 Å². The van der Waals surface area contributed by atoms with E-state index in [2.05, 4.69) is 0 Å². The van der Waals surface area contributed by atoms with Crippen LogP contribution in [-0.2, 0) is 27.3 Å². The van der Waals surface area contributed by atoms with Gasteiger partial charge in [0, 0.05) is 18.0 Å². The van der Waals surface area contributed by atoms with E-state index in [1.807, 2.05) is 25.1 Å². The van der Waals surface area contributed by atoms with Gasteiger partial charge >= 0.3 is 0 Å².